The minimum atomic E-state index is 0. The summed E-state index contributed by atoms with van der Waals surface area (Å²) < 4.78 is 1.98. The number of benzene rings is 1. The fourth-order valence-corrected chi connectivity index (χ4v) is 2.86. The third-order valence-corrected chi connectivity index (χ3v) is 4.97. The average Bonchev–Trinajstić information content (AvgIpc) is 3.01. The molecule has 0 atom stereocenters. The molecule has 0 aliphatic heterocycles. The summed E-state index contributed by atoms with van der Waals surface area (Å²) in [4.78, 5) is 4.69. The Kier molecular flexibility index (Phi) is 11.9. The van der Waals surface area contributed by atoms with Crippen LogP contribution in [0.25, 0.3) is 0 Å². The molecule has 0 spiro atoms. The normalized spacial score (nSPS) is 11.4. The Balaban J connectivity index is 0.00000420. The highest BCUT2D eigenvalue weighted by atomic mass is 127. The predicted molar refractivity (Wildman–Crippen MR) is 132 cm³/mol. The van der Waals surface area contributed by atoms with Gasteiger partial charge in [-0.05, 0) is 43.2 Å². The van der Waals surface area contributed by atoms with E-state index in [4.69, 9.17) is 0 Å². The van der Waals surface area contributed by atoms with Gasteiger partial charge in [-0.1, -0.05) is 51.5 Å². The molecule has 0 aliphatic rings. The second kappa shape index (κ2) is 13.6. The van der Waals surface area contributed by atoms with Crippen LogP contribution in [0, 0.1) is 6.92 Å². The minimum Gasteiger partial charge on any atom is -0.356 e. The number of aryl methyl sites for hydroxylation is 2. The number of unbranched alkanes of at least 4 members (excludes halogenated alkanes) is 1. The summed E-state index contributed by atoms with van der Waals surface area (Å²) >= 11 is 0. The molecule has 0 amide bonds. The van der Waals surface area contributed by atoms with Crippen LogP contribution in [0.4, 0.5) is 0 Å². The van der Waals surface area contributed by atoms with E-state index in [1.54, 1.807) is 0 Å². The number of aromatic nitrogens is 3. The van der Waals surface area contributed by atoms with Crippen molar-refractivity contribution >= 4 is 29.9 Å². The first-order chi connectivity index (χ1) is 13.5. The van der Waals surface area contributed by atoms with Crippen LogP contribution in [0.3, 0.4) is 0 Å². The molecule has 0 radical (unpaired) electrons. The Hall–Kier alpha value is -1.64. The Labute approximate surface area is 193 Å². The second-order valence-corrected chi connectivity index (χ2v) is 7.59. The molecule has 2 rings (SSSR count). The zero-order chi connectivity index (χ0) is 20.4. The van der Waals surface area contributed by atoms with Crippen LogP contribution in [-0.4, -0.2) is 33.8 Å². The summed E-state index contributed by atoms with van der Waals surface area (Å²) in [7, 11) is 1.97. The van der Waals surface area contributed by atoms with Gasteiger partial charge < -0.3 is 15.2 Å². The van der Waals surface area contributed by atoms with Gasteiger partial charge >= 0.3 is 0 Å². The quantitative estimate of drug-likeness (QED) is 0.215. The zero-order valence-corrected chi connectivity index (χ0v) is 20.9. The molecule has 0 unspecified atom stereocenters. The summed E-state index contributed by atoms with van der Waals surface area (Å²) in [6.45, 7) is 10.9. The first kappa shape index (κ1) is 25.4. The first-order valence-corrected chi connectivity index (χ1v) is 10.5. The van der Waals surface area contributed by atoms with Gasteiger partial charge in [-0.15, -0.1) is 34.2 Å². The summed E-state index contributed by atoms with van der Waals surface area (Å²) in [6, 6.07) is 8.99. The molecule has 1 aromatic heterocycles. The van der Waals surface area contributed by atoms with E-state index in [9.17, 15) is 0 Å². The molecular weight excluding hydrogens is 475 g/mol. The Morgan fingerprint density at radius 3 is 2.28 bits per heavy atom. The lowest BCUT2D eigenvalue weighted by molar-refractivity contribution is 0.700. The van der Waals surface area contributed by atoms with Crippen LogP contribution in [0.5, 0.6) is 0 Å². The molecule has 2 aromatic rings. The van der Waals surface area contributed by atoms with Crippen molar-refractivity contribution in [2.45, 2.75) is 65.8 Å². The van der Waals surface area contributed by atoms with E-state index >= 15 is 0 Å². The molecule has 0 fully saturated rings. The van der Waals surface area contributed by atoms with Gasteiger partial charge in [0.1, 0.15) is 12.4 Å². The average molecular weight is 512 g/mol. The Morgan fingerprint density at radius 2 is 1.72 bits per heavy atom. The largest absolute Gasteiger partial charge is 0.356 e. The van der Waals surface area contributed by atoms with Crippen molar-refractivity contribution < 1.29 is 0 Å². The molecule has 0 saturated heterocycles. The highest BCUT2D eigenvalue weighted by Gasteiger charge is 2.05. The van der Waals surface area contributed by atoms with Gasteiger partial charge in [0.15, 0.2) is 11.8 Å². The molecule has 2 N–H and O–H groups in total. The zero-order valence-electron chi connectivity index (χ0n) is 18.5. The van der Waals surface area contributed by atoms with Crippen LogP contribution < -0.4 is 10.6 Å². The molecular formula is C22H37IN6. The topological polar surface area (TPSA) is 67.1 Å². The van der Waals surface area contributed by atoms with Gasteiger partial charge in [0.25, 0.3) is 0 Å². The Bertz CT molecular complexity index is 736. The smallest absolute Gasteiger partial charge is 0.191 e. The lowest BCUT2D eigenvalue weighted by Crippen LogP contribution is -2.38. The summed E-state index contributed by atoms with van der Waals surface area (Å²) in [5.74, 6) is 3.21. The number of rotatable bonds is 10. The van der Waals surface area contributed by atoms with Gasteiger partial charge in [0, 0.05) is 20.1 Å². The molecule has 1 aromatic carbocycles. The molecule has 162 valence electrons. The van der Waals surface area contributed by atoms with Crippen molar-refractivity contribution in [3.63, 3.8) is 0 Å². The number of hydrogen-bond acceptors (Lipinski definition) is 3. The van der Waals surface area contributed by atoms with Crippen molar-refractivity contribution in [1.82, 2.24) is 25.4 Å². The van der Waals surface area contributed by atoms with E-state index in [0.717, 1.165) is 56.4 Å². The summed E-state index contributed by atoms with van der Waals surface area (Å²) in [6.07, 6.45) is 4.43. The van der Waals surface area contributed by atoms with E-state index in [1.807, 2.05) is 18.5 Å². The van der Waals surface area contributed by atoms with Crippen molar-refractivity contribution in [2.75, 3.05) is 13.1 Å². The molecule has 6 nitrogen and oxygen atoms in total. The van der Waals surface area contributed by atoms with E-state index in [2.05, 4.69) is 70.9 Å². The van der Waals surface area contributed by atoms with Gasteiger partial charge in [0.05, 0.1) is 0 Å². The predicted octanol–water partition coefficient (Wildman–Crippen LogP) is 4.33. The number of nitrogens with one attached hydrogen (secondary N) is 2. The molecule has 0 aliphatic carbocycles. The molecule has 0 bridgehead atoms. The fraction of sp³-hybridized carbons (Fsp3) is 0.591. The Morgan fingerprint density at radius 1 is 1.07 bits per heavy atom. The highest BCUT2D eigenvalue weighted by Crippen LogP contribution is 2.15. The maximum Gasteiger partial charge on any atom is 0.191 e. The maximum atomic E-state index is 4.69. The van der Waals surface area contributed by atoms with Crippen molar-refractivity contribution in [2.24, 2.45) is 12.0 Å². The van der Waals surface area contributed by atoms with E-state index < -0.39 is 0 Å². The van der Waals surface area contributed by atoms with E-state index in [-0.39, 0.29) is 24.0 Å². The number of halogens is 1. The van der Waals surface area contributed by atoms with Crippen LogP contribution in [0.2, 0.25) is 0 Å². The number of aliphatic imine (C=N–C) groups is 1. The fourth-order valence-electron chi connectivity index (χ4n) is 2.86. The molecule has 29 heavy (non-hydrogen) atoms. The number of nitrogens with zero attached hydrogens (tertiary/aromatic N) is 4. The van der Waals surface area contributed by atoms with Gasteiger partial charge in [-0.3, -0.25) is 0 Å². The van der Waals surface area contributed by atoms with Crippen LogP contribution in [0.1, 0.15) is 68.7 Å². The third kappa shape index (κ3) is 8.72. The van der Waals surface area contributed by atoms with Crippen molar-refractivity contribution in [1.29, 1.82) is 0 Å². The first-order valence-electron chi connectivity index (χ1n) is 10.5. The second-order valence-electron chi connectivity index (χ2n) is 7.59. The maximum absolute atomic E-state index is 4.69. The lowest BCUT2D eigenvalue weighted by atomic mass is 10.0. The van der Waals surface area contributed by atoms with Crippen molar-refractivity contribution in [3.8, 4) is 0 Å². The number of hydrogen-bond donors (Lipinski definition) is 2. The van der Waals surface area contributed by atoms with Crippen LogP contribution in [0.15, 0.2) is 29.3 Å². The van der Waals surface area contributed by atoms with E-state index in [0.29, 0.717) is 12.5 Å². The third-order valence-electron chi connectivity index (χ3n) is 4.97. The standard InChI is InChI=1S/C22H36N6.HI/c1-6-7-14-23-22(25-16-21-27-26-18(4)28(21)5)24-15-8-9-19-10-12-20(13-11-19)17(2)3;/h10-13,17H,6-9,14-16H2,1-5H3,(H2,23,24,25);1H. The van der Waals surface area contributed by atoms with Gasteiger partial charge in [-0.25, -0.2) is 4.99 Å². The molecule has 0 saturated carbocycles. The van der Waals surface area contributed by atoms with Gasteiger partial charge in [0.2, 0.25) is 0 Å². The lowest BCUT2D eigenvalue weighted by Gasteiger charge is -2.12. The minimum absolute atomic E-state index is 0. The summed E-state index contributed by atoms with van der Waals surface area (Å²) in [5, 5.41) is 15.2. The van der Waals surface area contributed by atoms with Crippen LogP contribution >= 0.6 is 24.0 Å². The SMILES string of the molecule is CCCCNC(=NCc1nnc(C)n1C)NCCCc1ccc(C(C)C)cc1.I. The van der Waals surface area contributed by atoms with Crippen LogP contribution in [-0.2, 0) is 20.0 Å². The van der Waals surface area contributed by atoms with Crippen molar-refractivity contribution in [3.05, 3.63) is 47.0 Å². The van der Waals surface area contributed by atoms with E-state index in [1.165, 1.54) is 11.1 Å². The summed E-state index contributed by atoms with van der Waals surface area (Å²) in [5.41, 5.74) is 2.79. The monoisotopic (exact) mass is 512 g/mol. The number of guanidine groups is 1. The highest BCUT2D eigenvalue weighted by molar-refractivity contribution is 14.0. The molecule has 7 heteroatoms. The van der Waals surface area contributed by atoms with Gasteiger partial charge in [-0.2, -0.15) is 0 Å². The molecule has 1 heterocycles.